The molecular weight excluding hydrogens is 460 g/mol. The number of rotatable bonds is 2. The molecule has 2 amide bonds. The fraction of sp³-hybridized carbons (Fsp3) is 0.476. The van der Waals surface area contributed by atoms with E-state index in [0.29, 0.717) is 12.1 Å². The van der Waals surface area contributed by atoms with Crippen molar-refractivity contribution >= 4 is 23.5 Å². The Hall–Kier alpha value is -2.89. The first-order valence-corrected chi connectivity index (χ1v) is 9.74. The van der Waals surface area contributed by atoms with E-state index in [2.05, 4.69) is 0 Å². The Balaban J connectivity index is 1.77. The number of alkyl halides is 6. The van der Waals surface area contributed by atoms with Gasteiger partial charge in [0.05, 0.1) is 34.3 Å². The van der Waals surface area contributed by atoms with Gasteiger partial charge >= 0.3 is 18.3 Å². The van der Waals surface area contributed by atoms with Crippen molar-refractivity contribution in [3.63, 3.8) is 0 Å². The third-order valence-corrected chi connectivity index (χ3v) is 5.67. The van der Waals surface area contributed by atoms with Crippen molar-refractivity contribution < 1.29 is 50.2 Å². The van der Waals surface area contributed by atoms with E-state index in [0.717, 1.165) is 0 Å². The van der Waals surface area contributed by atoms with Crippen molar-refractivity contribution in [1.29, 1.82) is 0 Å². The Morgan fingerprint density at radius 2 is 1.52 bits per heavy atom. The molecule has 0 aliphatic carbocycles. The van der Waals surface area contributed by atoms with Gasteiger partial charge in [-0.05, 0) is 45.0 Å². The number of amides is 2. The molecule has 2 saturated heterocycles. The first kappa shape index (κ1) is 23.3. The van der Waals surface area contributed by atoms with E-state index in [1.165, 1.54) is 32.9 Å². The molecule has 3 aliphatic rings. The van der Waals surface area contributed by atoms with Gasteiger partial charge in [-0.3, -0.25) is 14.4 Å². The second kappa shape index (κ2) is 6.81. The summed E-state index contributed by atoms with van der Waals surface area (Å²) in [7, 11) is 0. The quantitative estimate of drug-likeness (QED) is 0.278. The summed E-state index contributed by atoms with van der Waals surface area (Å²) >= 11 is 0. The number of hydrogen-bond acceptors (Lipinski definition) is 5. The molecule has 0 radical (unpaired) electrons. The highest BCUT2D eigenvalue weighted by Gasteiger charge is 2.70. The summed E-state index contributed by atoms with van der Waals surface area (Å²) in [6, 6.07) is 0.503. The van der Waals surface area contributed by atoms with Gasteiger partial charge in [-0.15, -0.1) is 0 Å². The lowest BCUT2D eigenvalue weighted by Gasteiger charge is -2.31. The van der Waals surface area contributed by atoms with Crippen molar-refractivity contribution in [1.82, 2.24) is 0 Å². The number of carbonyl (C=O) groups excluding carboxylic acids is 3. The summed E-state index contributed by atoms with van der Waals surface area (Å²) in [5.74, 6) is -7.62. The van der Waals surface area contributed by atoms with Gasteiger partial charge in [0, 0.05) is 0 Å². The van der Waals surface area contributed by atoms with Crippen LogP contribution in [0.1, 0.15) is 31.9 Å². The summed E-state index contributed by atoms with van der Waals surface area (Å²) < 4.78 is 90.5. The van der Waals surface area contributed by atoms with E-state index in [-0.39, 0.29) is 11.0 Å². The first-order valence-electron chi connectivity index (χ1n) is 9.74. The highest BCUT2D eigenvalue weighted by Crippen LogP contribution is 2.54. The summed E-state index contributed by atoms with van der Waals surface area (Å²) in [5.41, 5.74) is -5.23. The molecule has 0 N–H and O–H groups in total. The Kier molecular flexibility index (Phi) is 4.80. The number of nitrogens with zero attached hydrogens (tertiary/aromatic N) is 1. The molecule has 6 nitrogen and oxygen atoms in total. The van der Waals surface area contributed by atoms with Crippen molar-refractivity contribution in [2.75, 3.05) is 4.90 Å². The molecule has 0 aromatic heterocycles. The molecule has 3 aliphatic heterocycles. The average molecular weight is 477 g/mol. The molecule has 0 saturated carbocycles. The summed E-state index contributed by atoms with van der Waals surface area (Å²) in [6.45, 7) is 4.59. The number of benzene rings is 1. The lowest BCUT2D eigenvalue weighted by molar-refractivity contribution is -0.212. The molecule has 1 aromatic rings. The molecule has 4 atom stereocenters. The summed E-state index contributed by atoms with van der Waals surface area (Å²) in [5, 5.41) is 0. The van der Waals surface area contributed by atoms with Crippen LogP contribution in [0.15, 0.2) is 30.4 Å². The minimum absolute atomic E-state index is 0.101. The maximum Gasteiger partial charge on any atom is 0.416 e. The van der Waals surface area contributed by atoms with Crippen LogP contribution in [0, 0.1) is 17.3 Å². The zero-order valence-corrected chi connectivity index (χ0v) is 17.4. The number of ether oxygens (including phenoxy) is 2. The van der Waals surface area contributed by atoms with Crippen molar-refractivity contribution in [2.24, 2.45) is 17.3 Å². The zero-order chi connectivity index (χ0) is 24.7. The predicted molar refractivity (Wildman–Crippen MR) is 98.2 cm³/mol. The molecule has 3 heterocycles. The molecule has 0 unspecified atom stereocenters. The van der Waals surface area contributed by atoms with E-state index in [1.54, 1.807) is 0 Å². The fourth-order valence-corrected chi connectivity index (χ4v) is 4.08. The molecule has 12 heteroatoms. The maximum absolute atomic E-state index is 13.3. The zero-order valence-electron chi connectivity index (χ0n) is 17.4. The normalized spacial score (nSPS) is 29.1. The van der Waals surface area contributed by atoms with Gasteiger partial charge in [0.25, 0.3) is 0 Å². The Labute approximate surface area is 183 Å². The van der Waals surface area contributed by atoms with Crippen LogP contribution in [0.4, 0.5) is 32.0 Å². The topological polar surface area (TPSA) is 72.9 Å². The van der Waals surface area contributed by atoms with Gasteiger partial charge < -0.3 is 9.47 Å². The SMILES string of the molecule is CC(C)(C)C(=O)O[C@]12C=C[C@@H](O1)[C@@H]1C(=O)N(c3cc(C(F)(F)F)cc(C(F)(F)F)c3)C(=O)[C@@H]12. The molecule has 0 spiro atoms. The van der Waals surface area contributed by atoms with E-state index in [9.17, 15) is 40.7 Å². The molecule has 1 aromatic carbocycles. The Morgan fingerprint density at radius 3 is 2.00 bits per heavy atom. The standard InChI is InChI=1S/C21H17F6NO5/c1-18(2,3)17(31)33-19-5-4-12(32-19)13-14(19)16(30)28(15(13)29)11-7-9(20(22,23)24)6-10(8-11)21(25,26)27/h4-8,12-14H,1-3H3/t12-,13+,14-,19+/m1/s1. The number of anilines is 1. The van der Waals surface area contributed by atoms with E-state index in [1.807, 2.05) is 0 Å². The molecule has 33 heavy (non-hydrogen) atoms. The number of fused-ring (bicyclic) bond motifs is 5. The van der Waals surface area contributed by atoms with Gasteiger partial charge in [-0.25, -0.2) is 4.90 Å². The highest BCUT2D eigenvalue weighted by molar-refractivity contribution is 6.23. The van der Waals surface area contributed by atoms with Crippen LogP contribution in [0.25, 0.3) is 0 Å². The molecule has 4 rings (SSSR count). The highest BCUT2D eigenvalue weighted by atomic mass is 19.4. The van der Waals surface area contributed by atoms with Crippen LogP contribution in [-0.4, -0.2) is 29.7 Å². The second-order valence-corrected chi connectivity index (χ2v) is 9.08. The van der Waals surface area contributed by atoms with Gasteiger partial charge in [-0.2, -0.15) is 26.3 Å². The van der Waals surface area contributed by atoms with Crippen LogP contribution < -0.4 is 4.90 Å². The maximum atomic E-state index is 13.3. The van der Waals surface area contributed by atoms with Gasteiger partial charge in [0.2, 0.25) is 17.6 Å². The predicted octanol–water partition coefficient (Wildman–Crippen LogP) is 4.08. The monoisotopic (exact) mass is 477 g/mol. The average Bonchev–Trinajstić information content (AvgIpc) is 3.29. The lowest BCUT2D eigenvalue weighted by Crippen LogP contribution is -2.46. The molecule has 2 fully saturated rings. The van der Waals surface area contributed by atoms with Gasteiger partial charge in [-0.1, -0.05) is 6.08 Å². The third kappa shape index (κ3) is 3.60. The number of halogens is 6. The van der Waals surface area contributed by atoms with Gasteiger partial charge in [0.1, 0.15) is 5.92 Å². The van der Waals surface area contributed by atoms with Crippen LogP contribution in [0.3, 0.4) is 0 Å². The van der Waals surface area contributed by atoms with Crippen LogP contribution >= 0.6 is 0 Å². The number of imide groups is 1. The Morgan fingerprint density at radius 1 is 0.970 bits per heavy atom. The van der Waals surface area contributed by atoms with Crippen LogP contribution in [-0.2, 0) is 36.2 Å². The van der Waals surface area contributed by atoms with Crippen molar-refractivity contribution in [3.8, 4) is 0 Å². The minimum atomic E-state index is -5.16. The second-order valence-electron chi connectivity index (χ2n) is 9.08. The molecular formula is C21H17F6NO5. The molecule has 2 bridgehead atoms. The van der Waals surface area contributed by atoms with E-state index >= 15 is 0 Å². The number of carbonyl (C=O) groups is 3. The van der Waals surface area contributed by atoms with E-state index in [4.69, 9.17) is 9.47 Å². The number of hydrogen-bond donors (Lipinski definition) is 0. The Bertz CT molecular complexity index is 1050. The summed E-state index contributed by atoms with van der Waals surface area (Å²) in [6.07, 6.45) is -8.71. The summed E-state index contributed by atoms with van der Waals surface area (Å²) in [4.78, 5) is 38.9. The smallest absolute Gasteiger partial charge is 0.416 e. The van der Waals surface area contributed by atoms with Gasteiger partial charge in [0.15, 0.2) is 0 Å². The largest absolute Gasteiger partial charge is 0.428 e. The number of esters is 1. The van der Waals surface area contributed by atoms with Crippen LogP contribution in [0.5, 0.6) is 0 Å². The third-order valence-electron chi connectivity index (χ3n) is 5.67. The fourth-order valence-electron chi connectivity index (χ4n) is 4.08. The lowest BCUT2D eigenvalue weighted by atomic mass is 9.82. The molecule has 178 valence electrons. The van der Waals surface area contributed by atoms with Crippen molar-refractivity contribution in [2.45, 2.75) is 45.0 Å². The van der Waals surface area contributed by atoms with Crippen molar-refractivity contribution in [3.05, 3.63) is 41.5 Å². The van der Waals surface area contributed by atoms with Crippen LogP contribution in [0.2, 0.25) is 0 Å². The van der Waals surface area contributed by atoms with E-state index < -0.39 is 76.1 Å². The first-order chi connectivity index (χ1) is 15.0. The minimum Gasteiger partial charge on any atom is -0.428 e.